The molecule has 2 unspecified atom stereocenters. The molecule has 4 rings (SSSR count). The maximum atomic E-state index is 13.9. The van der Waals surface area contributed by atoms with Gasteiger partial charge in [0.25, 0.3) is 0 Å². The van der Waals surface area contributed by atoms with Crippen molar-refractivity contribution in [2.24, 2.45) is 5.92 Å². The van der Waals surface area contributed by atoms with Crippen molar-refractivity contribution in [1.82, 2.24) is 9.80 Å². The van der Waals surface area contributed by atoms with E-state index in [2.05, 4.69) is 0 Å². The lowest BCUT2D eigenvalue weighted by molar-refractivity contribution is -0.152. The number of hydrogen-bond donors (Lipinski definition) is 0. The minimum Gasteiger partial charge on any atom is -0.466 e. The van der Waals surface area contributed by atoms with E-state index in [1.54, 1.807) is 36.1 Å². The Hall–Kier alpha value is -2.41. The van der Waals surface area contributed by atoms with Gasteiger partial charge >= 0.3 is 5.97 Å². The summed E-state index contributed by atoms with van der Waals surface area (Å²) in [6.45, 7) is 2.84. The summed E-state index contributed by atoms with van der Waals surface area (Å²) in [5, 5.41) is 0.378. The summed E-state index contributed by atoms with van der Waals surface area (Å²) in [4.78, 5) is 55.8. The van der Waals surface area contributed by atoms with Crippen LogP contribution in [0.4, 0.5) is 0 Å². The van der Waals surface area contributed by atoms with Crippen molar-refractivity contribution in [2.75, 3.05) is 19.7 Å². The van der Waals surface area contributed by atoms with E-state index >= 15 is 0 Å². The molecule has 1 aliphatic carbocycles. The van der Waals surface area contributed by atoms with E-state index in [9.17, 15) is 19.2 Å². The Kier molecular flexibility index (Phi) is 7.07. The van der Waals surface area contributed by atoms with Gasteiger partial charge < -0.3 is 9.64 Å². The van der Waals surface area contributed by atoms with Gasteiger partial charge in [0.2, 0.25) is 17.7 Å². The number of carbonyl (C=O) groups is 4. The predicted molar refractivity (Wildman–Crippen MR) is 122 cm³/mol. The molecule has 2 heterocycles. The number of benzene rings is 1. The van der Waals surface area contributed by atoms with Crippen molar-refractivity contribution in [3.05, 3.63) is 34.9 Å². The average molecular weight is 475 g/mol. The van der Waals surface area contributed by atoms with Crippen molar-refractivity contribution >= 4 is 35.3 Å². The second-order valence-electron chi connectivity index (χ2n) is 9.35. The highest BCUT2D eigenvalue weighted by Crippen LogP contribution is 2.45. The van der Waals surface area contributed by atoms with Crippen molar-refractivity contribution in [2.45, 2.75) is 69.7 Å². The number of carbonyl (C=O) groups excluding carboxylic acids is 4. The molecule has 33 heavy (non-hydrogen) atoms. The standard InChI is InChI=1S/C25H31ClN2O5/c1-2-33-23(31)17-8-7-13-27(16-17)21(29)14-25(19-11-5-6-12-20(19)26)15-22(30)28(24(25)32)18-9-3-4-10-18/h5-6,11-12,17-18H,2-4,7-10,13-16H2,1H3. The highest BCUT2D eigenvalue weighted by atomic mass is 35.5. The third-order valence-electron chi connectivity index (χ3n) is 7.28. The number of ether oxygens (including phenoxy) is 1. The van der Waals surface area contributed by atoms with Crippen molar-refractivity contribution in [1.29, 1.82) is 0 Å². The van der Waals surface area contributed by atoms with Crippen molar-refractivity contribution in [3.63, 3.8) is 0 Å². The quantitative estimate of drug-likeness (QED) is 0.465. The molecular formula is C25H31ClN2O5. The lowest BCUT2D eigenvalue weighted by Crippen LogP contribution is -2.48. The first kappa shape index (κ1) is 23.7. The highest BCUT2D eigenvalue weighted by molar-refractivity contribution is 6.32. The average Bonchev–Trinajstić information content (AvgIpc) is 3.41. The minimum atomic E-state index is -1.31. The smallest absolute Gasteiger partial charge is 0.310 e. The van der Waals surface area contributed by atoms with Crippen LogP contribution in [0.2, 0.25) is 5.02 Å². The van der Waals surface area contributed by atoms with Crippen LogP contribution in [0, 0.1) is 5.92 Å². The number of imide groups is 1. The lowest BCUT2D eigenvalue weighted by Gasteiger charge is -2.35. The van der Waals surface area contributed by atoms with Crippen LogP contribution in [-0.4, -0.2) is 59.2 Å². The van der Waals surface area contributed by atoms with Crippen LogP contribution in [0.5, 0.6) is 0 Å². The Balaban J connectivity index is 1.62. The largest absolute Gasteiger partial charge is 0.466 e. The molecule has 0 aromatic heterocycles. The topological polar surface area (TPSA) is 84.0 Å². The number of esters is 1. The van der Waals surface area contributed by atoms with Gasteiger partial charge in [0.1, 0.15) is 0 Å². The summed E-state index contributed by atoms with van der Waals surface area (Å²) < 4.78 is 5.15. The fourth-order valence-electron chi connectivity index (χ4n) is 5.61. The molecule has 0 bridgehead atoms. The van der Waals surface area contributed by atoms with E-state index in [1.165, 1.54) is 4.90 Å². The number of likely N-dealkylation sites (tertiary alicyclic amines) is 2. The summed E-state index contributed by atoms with van der Waals surface area (Å²) in [5.41, 5.74) is -0.788. The van der Waals surface area contributed by atoms with Gasteiger partial charge in [-0.15, -0.1) is 0 Å². The van der Waals surface area contributed by atoms with E-state index in [4.69, 9.17) is 16.3 Å². The molecule has 3 aliphatic rings. The summed E-state index contributed by atoms with van der Waals surface area (Å²) in [7, 11) is 0. The maximum Gasteiger partial charge on any atom is 0.310 e. The normalized spacial score (nSPS) is 26.2. The van der Waals surface area contributed by atoms with Crippen LogP contribution < -0.4 is 0 Å². The van der Waals surface area contributed by atoms with Crippen LogP contribution in [0.1, 0.15) is 63.9 Å². The van der Waals surface area contributed by atoms with Gasteiger partial charge in [-0.05, 0) is 44.2 Å². The Morgan fingerprint density at radius 3 is 2.55 bits per heavy atom. The molecule has 8 heteroatoms. The van der Waals surface area contributed by atoms with E-state index in [1.807, 2.05) is 0 Å². The Labute approximate surface area is 199 Å². The summed E-state index contributed by atoms with van der Waals surface area (Å²) >= 11 is 6.51. The van der Waals surface area contributed by atoms with Gasteiger partial charge in [-0.25, -0.2) is 0 Å². The summed E-state index contributed by atoms with van der Waals surface area (Å²) in [6, 6.07) is 6.88. The fraction of sp³-hybridized carbons (Fsp3) is 0.600. The molecule has 178 valence electrons. The fourth-order valence-corrected chi connectivity index (χ4v) is 5.93. The van der Waals surface area contributed by atoms with E-state index < -0.39 is 5.41 Å². The molecule has 1 saturated carbocycles. The zero-order chi connectivity index (χ0) is 23.6. The molecule has 0 radical (unpaired) electrons. The maximum absolute atomic E-state index is 13.9. The molecule has 0 spiro atoms. The van der Waals surface area contributed by atoms with Crippen molar-refractivity contribution in [3.8, 4) is 0 Å². The number of nitrogens with zero attached hydrogens (tertiary/aromatic N) is 2. The monoisotopic (exact) mass is 474 g/mol. The van der Waals surface area contributed by atoms with Crippen LogP contribution in [0.25, 0.3) is 0 Å². The van der Waals surface area contributed by atoms with Gasteiger partial charge in [0.15, 0.2) is 0 Å². The van der Waals surface area contributed by atoms with Gasteiger partial charge in [0.05, 0.1) is 17.9 Å². The predicted octanol–water partition coefficient (Wildman–Crippen LogP) is 3.47. The SMILES string of the molecule is CCOC(=O)C1CCCN(C(=O)CC2(c3ccccc3Cl)CC(=O)N(C3CCCC3)C2=O)C1. The Bertz CT molecular complexity index is 944. The molecule has 7 nitrogen and oxygen atoms in total. The first-order chi connectivity index (χ1) is 15.9. The molecule has 0 N–H and O–H groups in total. The molecule has 3 fully saturated rings. The lowest BCUT2D eigenvalue weighted by atomic mass is 9.75. The Morgan fingerprint density at radius 2 is 1.85 bits per heavy atom. The zero-order valence-corrected chi connectivity index (χ0v) is 19.8. The van der Waals surface area contributed by atoms with E-state index in [0.717, 1.165) is 25.7 Å². The number of hydrogen-bond acceptors (Lipinski definition) is 5. The van der Waals surface area contributed by atoms with Crippen LogP contribution in [-0.2, 0) is 29.3 Å². The van der Waals surface area contributed by atoms with Crippen LogP contribution in [0.15, 0.2) is 24.3 Å². The third kappa shape index (κ3) is 4.52. The number of amides is 3. The molecule has 3 amide bonds. The molecule has 2 aliphatic heterocycles. The van der Waals surface area contributed by atoms with Crippen LogP contribution >= 0.6 is 11.6 Å². The number of rotatable bonds is 6. The number of halogens is 1. The molecule has 1 aromatic rings. The molecular weight excluding hydrogens is 444 g/mol. The molecule has 2 saturated heterocycles. The third-order valence-corrected chi connectivity index (χ3v) is 7.61. The minimum absolute atomic E-state index is 0.0625. The highest BCUT2D eigenvalue weighted by Gasteiger charge is 2.56. The first-order valence-corrected chi connectivity index (χ1v) is 12.3. The number of piperidine rings is 1. The van der Waals surface area contributed by atoms with Crippen LogP contribution in [0.3, 0.4) is 0 Å². The van der Waals surface area contributed by atoms with Crippen molar-refractivity contribution < 1.29 is 23.9 Å². The van der Waals surface area contributed by atoms with E-state index in [-0.39, 0.29) is 55.0 Å². The zero-order valence-electron chi connectivity index (χ0n) is 19.1. The summed E-state index contributed by atoms with van der Waals surface area (Å²) in [5.74, 6) is -1.45. The van der Waals surface area contributed by atoms with Gasteiger partial charge in [0, 0.05) is 37.0 Å². The summed E-state index contributed by atoms with van der Waals surface area (Å²) in [6.07, 6.45) is 4.74. The Morgan fingerprint density at radius 1 is 1.12 bits per heavy atom. The molecule has 2 atom stereocenters. The second kappa shape index (κ2) is 9.84. The van der Waals surface area contributed by atoms with Gasteiger partial charge in [-0.1, -0.05) is 42.6 Å². The first-order valence-electron chi connectivity index (χ1n) is 11.9. The second-order valence-corrected chi connectivity index (χ2v) is 9.76. The van der Waals surface area contributed by atoms with E-state index in [0.29, 0.717) is 36.6 Å². The van der Waals surface area contributed by atoms with Gasteiger partial charge in [-0.2, -0.15) is 0 Å². The van der Waals surface area contributed by atoms with Gasteiger partial charge in [-0.3, -0.25) is 24.1 Å². The molecule has 1 aromatic carbocycles.